The second-order valence-electron chi connectivity index (χ2n) is 7.12. The van der Waals surface area contributed by atoms with Crippen LogP contribution in [0, 0.1) is 6.92 Å². The highest BCUT2D eigenvalue weighted by molar-refractivity contribution is 5.95. The monoisotopic (exact) mass is 385 g/mol. The topological polar surface area (TPSA) is 96.7 Å². The van der Waals surface area contributed by atoms with Gasteiger partial charge in [-0.05, 0) is 41.8 Å². The SMILES string of the molecule is Cc1ccc2cc(Cc3[nH]ncc3C(=O)NCc3ccc(CN)cc3)ccc2n1. The van der Waals surface area contributed by atoms with E-state index in [4.69, 9.17) is 5.73 Å². The average Bonchev–Trinajstić information content (AvgIpc) is 3.20. The van der Waals surface area contributed by atoms with Gasteiger partial charge in [0.05, 0.1) is 23.0 Å². The van der Waals surface area contributed by atoms with Crippen molar-refractivity contribution >= 4 is 16.8 Å². The molecule has 0 saturated heterocycles. The van der Waals surface area contributed by atoms with Crippen molar-refractivity contribution in [3.05, 3.63) is 94.4 Å². The lowest BCUT2D eigenvalue weighted by Gasteiger charge is -2.08. The lowest BCUT2D eigenvalue weighted by molar-refractivity contribution is 0.0950. The summed E-state index contributed by atoms with van der Waals surface area (Å²) in [6.07, 6.45) is 2.17. The maximum absolute atomic E-state index is 12.7. The highest BCUT2D eigenvalue weighted by Gasteiger charge is 2.14. The third-order valence-corrected chi connectivity index (χ3v) is 4.95. The summed E-state index contributed by atoms with van der Waals surface area (Å²) < 4.78 is 0. The standard InChI is InChI=1S/C23H23N5O/c1-15-2-8-19-10-18(7-9-21(19)27-15)11-22-20(14-26-28-22)23(29)25-13-17-5-3-16(12-24)4-6-17/h2-10,14H,11-13,24H2,1H3,(H,25,29)(H,26,28). The predicted octanol–water partition coefficient (Wildman–Crippen LogP) is 3.25. The van der Waals surface area contributed by atoms with E-state index in [1.807, 2.05) is 49.4 Å². The van der Waals surface area contributed by atoms with Crippen molar-refractivity contribution in [3.63, 3.8) is 0 Å². The van der Waals surface area contributed by atoms with Crippen molar-refractivity contribution in [3.8, 4) is 0 Å². The summed E-state index contributed by atoms with van der Waals surface area (Å²) in [4.78, 5) is 17.2. The molecular weight excluding hydrogens is 362 g/mol. The van der Waals surface area contributed by atoms with Crippen LogP contribution in [-0.2, 0) is 19.5 Å². The van der Waals surface area contributed by atoms with Crippen molar-refractivity contribution in [1.82, 2.24) is 20.5 Å². The van der Waals surface area contributed by atoms with Crippen LogP contribution in [0.3, 0.4) is 0 Å². The molecule has 0 radical (unpaired) electrons. The molecule has 6 nitrogen and oxygen atoms in total. The number of nitrogens with zero attached hydrogens (tertiary/aromatic N) is 2. The molecule has 146 valence electrons. The van der Waals surface area contributed by atoms with Gasteiger partial charge in [0.1, 0.15) is 0 Å². The molecule has 2 aromatic carbocycles. The summed E-state index contributed by atoms with van der Waals surface area (Å²) in [5, 5.41) is 11.1. The second-order valence-corrected chi connectivity index (χ2v) is 7.12. The quantitative estimate of drug-likeness (QED) is 0.475. The summed E-state index contributed by atoms with van der Waals surface area (Å²) in [7, 11) is 0. The summed E-state index contributed by atoms with van der Waals surface area (Å²) in [6, 6.07) is 18.1. The van der Waals surface area contributed by atoms with Gasteiger partial charge in [-0.2, -0.15) is 5.10 Å². The van der Waals surface area contributed by atoms with E-state index in [1.54, 1.807) is 6.20 Å². The van der Waals surface area contributed by atoms with Gasteiger partial charge < -0.3 is 11.1 Å². The first-order chi connectivity index (χ1) is 14.1. The fourth-order valence-corrected chi connectivity index (χ4v) is 3.31. The molecule has 2 aromatic heterocycles. The third kappa shape index (κ3) is 4.33. The van der Waals surface area contributed by atoms with Gasteiger partial charge in [-0.25, -0.2) is 0 Å². The van der Waals surface area contributed by atoms with E-state index in [2.05, 4.69) is 32.6 Å². The Morgan fingerprint density at radius 3 is 2.59 bits per heavy atom. The van der Waals surface area contributed by atoms with Gasteiger partial charge in [-0.3, -0.25) is 14.9 Å². The molecule has 0 aliphatic heterocycles. The van der Waals surface area contributed by atoms with Gasteiger partial charge in [0.25, 0.3) is 5.91 Å². The Hall–Kier alpha value is -3.51. The van der Waals surface area contributed by atoms with Gasteiger partial charge in [0.15, 0.2) is 0 Å². The molecule has 0 saturated carbocycles. The minimum absolute atomic E-state index is 0.144. The van der Waals surface area contributed by atoms with Crippen LogP contribution in [0.1, 0.15) is 38.4 Å². The smallest absolute Gasteiger partial charge is 0.255 e. The van der Waals surface area contributed by atoms with Crippen molar-refractivity contribution in [1.29, 1.82) is 0 Å². The van der Waals surface area contributed by atoms with Crippen LogP contribution in [0.4, 0.5) is 0 Å². The summed E-state index contributed by atoms with van der Waals surface area (Å²) in [5.41, 5.74) is 12.1. The van der Waals surface area contributed by atoms with E-state index in [9.17, 15) is 4.79 Å². The zero-order valence-electron chi connectivity index (χ0n) is 16.3. The zero-order valence-corrected chi connectivity index (χ0v) is 16.3. The molecular formula is C23H23N5O. The number of benzene rings is 2. The average molecular weight is 385 g/mol. The molecule has 1 amide bonds. The molecule has 0 unspecified atom stereocenters. The van der Waals surface area contributed by atoms with Crippen LogP contribution in [0.25, 0.3) is 10.9 Å². The van der Waals surface area contributed by atoms with Crippen LogP contribution >= 0.6 is 0 Å². The van der Waals surface area contributed by atoms with E-state index in [0.717, 1.165) is 39.0 Å². The minimum Gasteiger partial charge on any atom is -0.348 e. The fourth-order valence-electron chi connectivity index (χ4n) is 3.31. The van der Waals surface area contributed by atoms with Crippen molar-refractivity contribution < 1.29 is 4.79 Å². The third-order valence-electron chi connectivity index (χ3n) is 4.95. The zero-order chi connectivity index (χ0) is 20.2. The number of H-pyrrole nitrogens is 1. The molecule has 0 spiro atoms. The first-order valence-electron chi connectivity index (χ1n) is 9.57. The van der Waals surface area contributed by atoms with E-state index >= 15 is 0 Å². The minimum atomic E-state index is -0.144. The molecule has 0 atom stereocenters. The number of aryl methyl sites for hydroxylation is 1. The lowest BCUT2D eigenvalue weighted by Crippen LogP contribution is -2.23. The maximum Gasteiger partial charge on any atom is 0.255 e. The molecule has 29 heavy (non-hydrogen) atoms. The number of rotatable bonds is 6. The number of hydrogen-bond donors (Lipinski definition) is 3. The molecule has 4 rings (SSSR count). The Bertz CT molecular complexity index is 1150. The van der Waals surface area contributed by atoms with Gasteiger partial charge in [0, 0.05) is 30.6 Å². The Labute approximate surface area is 169 Å². The largest absolute Gasteiger partial charge is 0.348 e. The van der Waals surface area contributed by atoms with E-state index in [0.29, 0.717) is 25.1 Å². The summed E-state index contributed by atoms with van der Waals surface area (Å²) >= 11 is 0. The molecule has 0 fully saturated rings. The molecule has 0 bridgehead atoms. The molecule has 2 heterocycles. The normalized spacial score (nSPS) is 11.0. The Morgan fingerprint density at radius 2 is 1.79 bits per heavy atom. The van der Waals surface area contributed by atoms with Gasteiger partial charge in [-0.1, -0.05) is 36.4 Å². The Kier molecular flexibility index (Phi) is 5.35. The number of carbonyl (C=O) groups is 1. The van der Waals surface area contributed by atoms with Crippen LogP contribution in [-0.4, -0.2) is 21.1 Å². The fraction of sp³-hybridized carbons (Fsp3) is 0.174. The van der Waals surface area contributed by atoms with Gasteiger partial charge in [0.2, 0.25) is 0 Å². The molecule has 4 aromatic rings. The van der Waals surface area contributed by atoms with Crippen molar-refractivity contribution in [2.24, 2.45) is 5.73 Å². The molecule has 0 aliphatic rings. The van der Waals surface area contributed by atoms with Gasteiger partial charge >= 0.3 is 0 Å². The van der Waals surface area contributed by atoms with Crippen LogP contribution in [0.15, 0.2) is 60.8 Å². The van der Waals surface area contributed by atoms with Crippen LogP contribution < -0.4 is 11.1 Å². The number of fused-ring (bicyclic) bond motifs is 1. The Balaban J connectivity index is 1.46. The highest BCUT2D eigenvalue weighted by Crippen LogP contribution is 2.18. The van der Waals surface area contributed by atoms with E-state index < -0.39 is 0 Å². The first-order valence-corrected chi connectivity index (χ1v) is 9.57. The predicted molar refractivity (Wildman–Crippen MR) is 113 cm³/mol. The van der Waals surface area contributed by atoms with Gasteiger partial charge in [-0.15, -0.1) is 0 Å². The van der Waals surface area contributed by atoms with Crippen molar-refractivity contribution in [2.75, 3.05) is 0 Å². The maximum atomic E-state index is 12.7. The molecule has 4 N–H and O–H groups in total. The second kappa shape index (κ2) is 8.24. The number of nitrogens with two attached hydrogens (primary N) is 1. The number of aromatic amines is 1. The molecule has 6 heteroatoms. The van der Waals surface area contributed by atoms with Crippen LogP contribution in [0.5, 0.6) is 0 Å². The Morgan fingerprint density at radius 1 is 1.03 bits per heavy atom. The number of hydrogen-bond acceptors (Lipinski definition) is 4. The van der Waals surface area contributed by atoms with Crippen molar-refractivity contribution in [2.45, 2.75) is 26.4 Å². The number of aromatic nitrogens is 3. The summed E-state index contributed by atoms with van der Waals surface area (Å²) in [5.74, 6) is -0.144. The summed E-state index contributed by atoms with van der Waals surface area (Å²) in [6.45, 7) is 2.94. The molecule has 0 aliphatic carbocycles. The first kappa shape index (κ1) is 18.8. The van der Waals surface area contributed by atoms with Crippen LogP contribution in [0.2, 0.25) is 0 Å². The number of nitrogens with one attached hydrogen (secondary N) is 2. The number of pyridine rings is 1. The van der Waals surface area contributed by atoms with E-state index in [-0.39, 0.29) is 5.91 Å². The number of amides is 1. The van der Waals surface area contributed by atoms with E-state index in [1.165, 1.54) is 0 Å². The number of carbonyl (C=O) groups excluding carboxylic acids is 1. The lowest BCUT2D eigenvalue weighted by atomic mass is 10.0. The highest BCUT2D eigenvalue weighted by atomic mass is 16.1.